The molecule has 3 nitrogen and oxygen atoms in total. The summed E-state index contributed by atoms with van der Waals surface area (Å²) in [6.45, 7) is 0. The van der Waals surface area contributed by atoms with Gasteiger partial charge < -0.3 is 15.5 Å². The van der Waals surface area contributed by atoms with E-state index in [0.29, 0.717) is 5.92 Å². The van der Waals surface area contributed by atoms with Crippen molar-refractivity contribution >= 4 is 8.38 Å². The minimum absolute atomic E-state index is 0.386. The number of nitrogens with two attached hydrogens (primary N) is 1. The van der Waals surface area contributed by atoms with Crippen LogP contribution in [0.15, 0.2) is 0 Å². The average Bonchev–Trinajstić information content (AvgIpc) is 2.06. The first kappa shape index (κ1) is 10.4. The van der Waals surface area contributed by atoms with Crippen LogP contribution in [0.2, 0.25) is 0 Å². The van der Waals surface area contributed by atoms with Crippen LogP contribution in [0.4, 0.5) is 0 Å². The van der Waals surface area contributed by atoms with Crippen LogP contribution in [0.1, 0.15) is 38.5 Å². The third-order valence-corrected chi connectivity index (χ3v) is 3.40. The third kappa shape index (κ3) is 3.36. The van der Waals surface area contributed by atoms with Crippen molar-refractivity contribution in [1.82, 2.24) is 0 Å². The fourth-order valence-corrected chi connectivity index (χ4v) is 2.35. The van der Waals surface area contributed by atoms with Crippen molar-refractivity contribution in [3.05, 3.63) is 0 Å². The number of hydrogen-bond acceptors (Lipinski definition) is 3. The standard InChI is InChI=1S/C8H18NO2P/c9-8(12(10)11)6-7-4-2-1-3-5-7/h7-8,10-11H,1-6,9H2. The van der Waals surface area contributed by atoms with Gasteiger partial charge in [0.2, 0.25) is 0 Å². The van der Waals surface area contributed by atoms with Gasteiger partial charge in [-0.15, -0.1) is 0 Å². The van der Waals surface area contributed by atoms with Gasteiger partial charge in [-0.05, 0) is 12.3 Å². The predicted molar refractivity (Wildman–Crippen MR) is 50.5 cm³/mol. The fraction of sp³-hybridized carbons (Fsp3) is 1.00. The molecule has 1 unspecified atom stereocenters. The molecule has 1 fully saturated rings. The summed E-state index contributed by atoms with van der Waals surface area (Å²) in [6.07, 6.45) is 7.13. The maximum Gasteiger partial charge on any atom is 0.183 e. The molecule has 0 saturated heterocycles. The van der Waals surface area contributed by atoms with E-state index < -0.39 is 8.38 Å². The third-order valence-electron chi connectivity index (χ3n) is 2.60. The van der Waals surface area contributed by atoms with Gasteiger partial charge in [-0.25, -0.2) is 0 Å². The van der Waals surface area contributed by atoms with Gasteiger partial charge in [0, 0.05) is 0 Å². The molecule has 72 valence electrons. The van der Waals surface area contributed by atoms with E-state index in [0.717, 1.165) is 6.42 Å². The topological polar surface area (TPSA) is 66.5 Å². The Bertz CT molecular complexity index is 126. The Morgan fingerprint density at radius 2 is 1.83 bits per heavy atom. The quantitative estimate of drug-likeness (QED) is 0.593. The highest BCUT2D eigenvalue weighted by Crippen LogP contribution is 2.35. The first-order valence-corrected chi connectivity index (χ1v) is 5.94. The summed E-state index contributed by atoms with van der Waals surface area (Å²) in [5.41, 5.74) is 5.58. The molecule has 0 bridgehead atoms. The first-order valence-electron chi connectivity index (χ1n) is 4.62. The minimum Gasteiger partial charge on any atom is -0.349 e. The number of rotatable bonds is 3. The van der Waals surface area contributed by atoms with Crippen molar-refractivity contribution in [2.45, 2.75) is 44.3 Å². The lowest BCUT2D eigenvalue weighted by molar-refractivity contribution is 0.327. The van der Waals surface area contributed by atoms with Crippen LogP contribution in [0.3, 0.4) is 0 Å². The summed E-state index contributed by atoms with van der Waals surface area (Å²) in [6, 6.07) is 0. The Morgan fingerprint density at radius 1 is 1.25 bits per heavy atom. The summed E-state index contributed by atoms with van der Waals surface area (Å²) in [7, 11) is -1.91. The van der Waals surface area contributed by atoms with E-state index in [1.54, 1.807) is 0 Å². The fourth-order valence-electron chi connectivity index (χ4n) is 1.86. The highest BCUT2D eigenvalue weighted by molar-refractivity contribution is 7.45. The molecular formula is C8H18NO2P. The molecule has 0 aromatic carbocycles. The van der Waals surface area contributed by atoms with Crippen LogP contribution in [0, 0.1) is 5.92 Å². The Hall–Kier alpha value is 0.310. The molecule has 1 aliphatic carbocycles. The second-order valence-corrected chi connectivity index (χ2v) is 4.93. The Balaban J connectivity index is 2.20. The molecular weight excluding hydrogens is 173 g/mol. The van der Waals surface area contributed by atoms with Gasteiger partial charge in [0.1, 0.15) is 0 Å². The van der Waals surface area contributed by atoms with Crippen LogP contribution in [0.5, 0.6) is 0 Å². The SMILES string of the molecule is NC(CC1CCCCC1)P(O)O. The maximum absolute atomic E-state index is 8.85. The molecule has 0 heterocycles. The summed E-state index contributed by atoms with van der Waals surface area (Å²) >= 11 is 0. The zero-order valence-corrected chi connectivity index (χ0v) is 8.21. The molecule has 1 atom stereocenters. The Labute approximate surface area is 74.9 Å². The molecule has 0 aliphatic heterocycles. The zero-order chi connectivity index (χ0) is 8.97. The van der Waals surface area contributed by atoms with Gasteiger partial charge in [-0.2, -0.15) is 0 Å². The van der Waals surface area contributed by atoms with Gasteiger partial charge >= 0.3 is 0 Å². The van der Waals surface area contributed by atoms with E-state index in [1.807, 2.05) is 0 Å². The largest absolute Gasteiger partial charge is 0.349 e. The Morgan fingerprint density at radius 3 is 2.33 bits per heavy atom. The normalized spacial score (nSPS) is 23.0. The summed E-state index contributed by atoms with van der Waals surface area (Å²) in [5, 5.41) is 0. The predicted octanol–water partition coefficient (Wildman–Crippen LogP) is 1.54. The molecule has 0 aromatic heterocycles. The lowest BCUT2D eigenvalue weighted by Gasteiger charge is -2.24. The summed E-state index contributed by atoms with van der Waals surface area (Å²) in [4.78, 5) is 17.7. The second-order valence-electron chi connectivity index (χ2n) is 3.63. The molecule has 0 aromatic rings. The molecule has 0 spiro atoms. The lowest BCUT2D eigenvalue weighted by atomic mass is 9.87. The van der Waals surface area contributed by atoms with E-state index in [2.05, 4.69) is 0 Å². The summed E-state index contributed by atoms with van der Waals surface area (Å²) in [5.74, 6) is 0.251. The van der Waals surface area contributed by atoms with Crippen LogP contribution < -0.4 is 5.73 Å². The van der Waals surface area contributed by atoms with E-state index >= 15 is 0 Å². The van der Waals surface area contributed by atoms with Gasteiger partial charge in [0.05, 0.1) is 5.78 Å². The van der Waals surface area contributed by atoms with Gasteiger partial charge in [0.15, 0.2) is 8.38 Å². The molecule has 12 heavy (non-hydrogen) atoms. The van der Waals surface area contributed by atoms with Crippen LogP contribution in [-0.2, 0) is 0 Å². The Kier molecular flexibility index (Phi) is 4.44. The molecule has 1 aliphatic rings. The smallest absolute Gasteiger partial charge is 0.183 e. The van der Waals surface area contributed by atoms with Gasteiger partial charge in [0.25, 0.3) is 0 Å². The minimum atomic E-state index is -1.91. The molecule has 1 rings (SSSR count). The van der Waals surface area contributed by atoms with Crippen molar-refractivity contribution in [2.24, 2.45) is 11.7 Å². The van der Waals surface area contributed by atoms with Crippen LogP contribution in [-0.4, -0.2) is 15.6 Å². The van der Waals surface area contributed by atoms with Crippen molar-refractivity contribution in [1.29, 1.82) is 0 Å². The highest BCUT2D eigenvalue weighted by atomic mass is 31.2. The van der Waals surface area contributed by atoms with E-state index in [-0.39, 0.29) is 5.78 Å². The molecule has 4 N–H and O–H groups in total. The van der Waals surface area contributed by atoms with Gasteiger partial charge in [-0.3, -0.25) is 0 Å². The highest BCUT2D eigenvalue weighted by Gasteiger charge is 2.20. The summed E-state index contributed by atoms with van der Waals surface area (Å²) < 4.78 is 0. The van der Waals surface area contributed by atoms with Crippen molar-refractivity contribution in [3.63, 3.8) is 0 Å². The van der Waals surface area contributed by atoms with Crippen molar-refractivity contribution in [3.8, 4) is 0 Å². The molecule has 0 radical (unpaired) electrons. The molecule has 1 saturated carbocycles. The van der Waals surface area contributed by atoms with Gasteiger partial charge in [-0.1, -0.05) is 32.1 Å². The van der Waals surface area contributed by atoms with Crippen molar-refractivity contribution < 1.29 is 9.79 Å². The molecule has 0 amide bonds. The second kappa shape index (κ2) is 5.13. The van der Waals surface area contributed by atoms with Crippen LogP contribution in [0.25, 0.3) is 0 Å². The average molecular weight is 191 g/mol. The maximum atomic E-state index is 8.85. The first-order chi connectivity index (χ1) is 5.70. The molecule has 4 heteroatoms. The van der Waals surface area contributed by atoms with E-state index in [1.165, 1.54) is 32.1 Å². The van der Waals surface area contributed by atoms with E-state index in [4.69, 9.17) is 15.5 Å². The van der Waals surface area contributed by atoms with Crippen molar-refractivity contribution in [2.75, 3.05) is 0 Å². The van der Waals surface area contributed by atoms with E-state index in [9.17, 15) is 0 Å². The zero-order valence-electron chi connectivity index (χ0n) is 7.32. The number of hydrogen-bond donors (Lipinski definition) is 3. The van der Waals surface area contributed by atoms with Crippen LogP contribution >= 0.6 is 8.38 Å². The monoisotopic (exact) mass is 191 g/mol. The lowest BCUT2D eigenvalue weighted by Crippen LogP contribution is -2.22.